The van der Waals surface area contributed by atoms with Crippen molar-refractivity contribution in [2.75, 3.05) is 25.0 Å². The van der Waals surface area contributed by atoms with Crippen LogP contribution in [-0.4, -0.2) is 35.9 Å². The molecule has 1 unspecified atom stereocenters. The molecular formula is C15H20N4O. The molecule has 20 heavy (non-hydrogen) atoms. The molecule has 3 rings (SSSR count). The Hall–Kier alpha value is -2.01. The van der Waals surface area contributed by atoms with Gasteiger partial charge < -0.3 is 15.4 Å². The zero-order valence-corrected chi connectivity index (χ0v) is 11.6. The highest BCUT2D eigenvalue weighted by Gasteiger charge is 2.15. The van der Waals surface area contributed by atoms with E-state index < -0.39 is 0 Å². The van der Waals surface area contributed by atoms with Gasteiger partial charge in [-0.25, -0.2) is 0 Å². The van der Waals surface area contributed by atoms with Crippen LogP contribution >= 0.6 is 0 Å². The lowest BCUT2D eigenvalue weighted by Crippen LogP contribution is -2.22. The van der Waals surface area contributed by atoms with Crippen LogP contribution in [0, 0.1) is 0 Å². The summed E-state index contributed by atoms with van der Waals surface area (Å²) in [7, 11) is 0. The normalized spacial score (nSPS) is 18.1. The summed E-state index contributed by atoms with van der Waals surface area (Å²) in [4.78, 5) is 0. The van der Waals surface area contributed by atoms with Crippen molar-refractivity contribution < 1.29 is 4.74 Å². The van der Waals surface area contributed by atoms with Gasteiger partial charge in [0.25, 0.3) is 0 Å². The van der Waals surface area contributed by atoms with Crippen LogP contribution in [0.5, 0.6) is 5.75 Å². The molecule has 0 aliphatic carbocycles. The Bertz CT molecular complexity index is 543. The molecule has 2 aromatic rings. The molecule has 0 spiro atoms. The number of hydrogen-bond donors (Lipinski definition) is 3. The molecule has 106 valence electrons. The Morgan fingerprint density at radius 3 is 2.90 bits per heavy atom. The summed E-state index contributed by atoms with van der Waals surface area (Å²) in [5, 5.41) is 14.2. The molecule has 1 aromatic carbocycles. The molecule has 1 atom stereocenters. The summed E-state index contributed by atoms with van der Waals surface area (Å²) < 4.78 is 5.45. The predicted molar refractivity (Wildman–Crippen MR) is 80.1 cm³/mol. The second-order valence-electron chi connectivity index (χ2n) is 4.96. The summed E-state index contributed by atoms with van der Waals surface area (Å²) >= 11 is 0. The van der Waals surface area contributed by atoms with Gasteiger partial charge in [0.15, 0.2) is 0 Å². The number of anilines is 1. The average molecular weight is 272 g/mol. The highest BCUT2D eigenvalue weighted by molar-refractivity contribution is 5.63. The monoisotopic (exact) mass is 272 g/mol. The minimum absolute atomic E-state index is 0.478. The Labute approximate surface area is 118 Å². The Morgan fingerprint density at radius 2 is 2.20 bits per heavy atom. The van der Waals surface area contributed by atoms with Gasteiger partial charge in [0.1, 0.15) is 11.6 Å². The van der Waals surface area contributed by atoms with Gasteiger partial charge in [-0.15, -0.1) is 0 Å². The topological polar surface area (TPSA) is 62.0 Å². The van der Waals surface area contributed by atoms with E-state index in [2.05, 4.69) is 20.8 Å². The van der Waals surface area contributed by atoms with Gasteiger partial charge in [0.05, 0.1) is 12.3 Å². The highest BCUT2D eigenvalue weighted by Crippen LogP contribution is 2.23. The number of aromatic amines is 1. The number of ether oxygens (including phenoxy) is 1. The van der Waals surface area contributed by atoms with E-state index in [4.69, 9.17) is 4.74 Å². The Kier molecular flexibility index (Phi) is 3.87. The lowest BCUT2D eigenvalue weighted by atomic mass is 10.1. The van der Waals surface area contributed by atoms with Gasteiger partial charge in [-0.1, -0.05) is 0 Å². The standard InChI is InChI=1S/C15H20N4O/c1-2-20-13-5-3-11(4-6-13)14-9-15(19-18-14)17-12-7-8-16-10-12/h3-6,9,12,16H,2,7-8,10H2,1H3,(H2,17,18,19). The van der Waals surface area contributed by atoms with Crippen molar-refractivity contribution in [1.29, 1.82) is 0 Å². The van der Waals surface area contributed by atoms with Crippen LogP contribution in [0.3, 0.4) is 0 Å². The van der Waals surface area contributed by atoms with Crippen LogP contribution in [0.2, 0.25) is 0 Å². The van der Waals surface area contributed by atoms with Crippen LogP contribution in [0.4, 0.5) is 5.82 Å². The maximum Gasteiger partial charge on any atom is 0.148 e. The number of rotatable bonds is 5. The molecule has 0 saturated carbocycles. The molecule has 0 bridgehead atoms. The number of H-pyrrole nitrogens is 1. The molecule has 2 heterocycles. The summed E-state index contributed by atoms with van der Waals surface area (Å²) in [5.74, 6) is 1.80. The van der Waals surface area contributed by atoms with E-state index >= 15 is 0 Å². The van der Waals surface area contributed by atoms with Crippen LogP contribution in [0.25, 0.3) is 11.3 Å². The van der Waals surface area contributed by atoms with Gasteiger partial charge in [0.2, 0.25) is 0 Å². The molecule has 1 aromatic heterocycles. The fraction of sp³-hybridized carbons (Fsp3) is 0.400. The maximum atomic E-state index is 5.45. The van der Waals surface area contributed by atoms with E-state index in [-0.39, 0.29) is 0 Å². The van der Waals surface area contributed by atoms with Gasteiger partial charge >= 0.3 is 0 Å². The summed E-state index contributed by atoms with van der Waals surface area (Å²) in [6, 6.07) is 10.6. The summed E-state index contributed by atoms with van der Waals surface area (Å²) in [6.07, 6.45) is 1.14. The number of nitrogens with zero attached hydrogens (tertiary/aromatic N) is 1. The molecule has 1 saturated heterocycles. The largest absolute Gasteiger partial charge is 0.494 e. The predicted octanol–water partition coefficient (Wildman–Crippen LogP) is 2.25. The van der Waals surface area contributed by atoms with E-state index in [0.717, 1.165) is 42.3 Å². The van der Waals surface area contributed by atoms with Gasteiger partial charge in [0, 0.05) is 18.7 Å². The molecule has 0 radical (unpaired) electrons. The Balaban J connectivity index is 1.68. The molecule has 1 aliphatic heterocycles. The van der Waals surface area contributed by atoms with E-state index in [1.165, 1.54) is 0 Å². The van der Waals surface area contributed by atoms with Crippen LogP contribution < -0.4 is 15.4 Å². The molecule has 0 amide bonds. The summed E-state index contributed by atoms with van der Waals surface area (Å²) in [5.41, 5.74) is 2.13. The number of benzene rings is 1. The zero-order chi connectivity index (χ0) is 13.8. The van der Waals surface area contributed by atoms with Crippen molar-refractivity contribution in [2.45, 2.75) is 19.4 Å². The van der Waals surface area contributed by atoms with Gasteiger partial charge in [-0.05, 0) is 49.7 Å². The smallest absolute Gasteiger partial charge is 0.148 e. The molecule has 5 nitrogen and oxygen atoms in total. The average Bonchev–Trinajstić information content (AvgIpc) is 3.12. The van der Waals surface area contributed by atoms with Crippen molar-refractivity contribution in [1.82, 2.24) is 15.5 Å². The van der Waals surface area contributed by atoms with Gasteiger partial charge in [-0.3, -0.25) is 5.10 Å². The first-order valence-corrected chi connectivity index (χ1v) is 7.11. The third-order valence-electron chi connectivity index (χ3n) is 3.47. The zero-order valence-electron chi connectivity index (χ0n) is 11.6. The fourth-order valence-corrected chi connectivity index (χ4v) is 2.43. The summed E-state index contributed by atoms with van der Waals surface area (Å²) in [6.45, 7) is 4.75. The quantitative estimate of drug-likeness (QED) is 0.781. The first kappa shape index (κ1) is 13.0. The van der Waals surface area contributed by atoms with Crippen molar-refractivity contribution >= 4 is 5.82 Å². The third kappa shape index (κ3) is 2.93. The Morgan fingerprint density at radius 1 is 1.35 bits per heavy atom. The van der Waals surface area contributed by atoms with Gasteiger partial charge in [-0.2, -0.15) is 5.10 Å². The molecular weight excluding hydrogens is 252 g/mol. The SMILES string of the molecule is CCOc1ccc(-c2cc(NC3CCNC3)n[nH]2)cc1. The molecule has 3 N–H and O–H groups in total. The maximum absolute atomic E-state index is 5.45. The van der Waals surface area contributed by atoms with Crippen LogP contribution in [-0.2, 0) is 0 Å². The van der Waals surface area contributed by atoms with E-state index in [1.54, 1.807) is 0 Å². The van der Waals surface area contributed by atoms with Crippen molar-refractivity contribution in [3.05, 3.63) is 30.3 Å². The van der Waals surface area contributed by atoms with Crippen molar-refractivity contribution in [3.63, 3.8) is 0 Å². The number of hydrogen-bond acceptors (Lipinski definition) is 4. The lowest BCUT2D eigenvalue weighted by molar-refractivity contribution is 0.340. The first-order chi connectivity index (χ1) is 9.85. The molecule has 1 fully saturated rings. The second kappa shape index (κ2) is 5.96. The van der Waals surface area contributed by atoms with Crippen LogP contribution in [0.15, 0.2) is 30.3 Å². The first-order valence-electron chi connectivity index (χ1n) is 7.11. The van der Waals surface area contributed by atoms with E-state index in [0.29, 0.717) is 12.6 Å². The van der Waals surface area contributed by atoms with Crippen molar-refractivity contribution in [3.8, 4) is 17.0 Å². The lowest BCUT2D eigenvalue weighted by Gasteiger charge is -2.08. The minimum Gasteiger partial charge on any atom is -0.494 e. The molecule has 5 heteroatoms. The number of nitrogens with one attached hydrogen (secondary N) is 3. The van der Waals surface area contributed by atoms with Crippen LogP contribution in [0.1, 0.15) is 13.3 Å². The minimum atomic E-state index is 0.478. The third-order valence-corrected chi connectivity index (χ3v) is 3.47. The second-order valence-corrected chi connectivity index (χ2v) is 4.96. The fourth-order valence-electron chi connectivity index (χ4n) is 2.43. The van der Waals surface area contributed by atoms with Crippen molar-refractivity contribution in [2.24, 2.45) is 0 Å². The highest BCUT2D eigenvalue weighted by atomic mass is 16.5. The number of aromatic nitrogens is 2. The van der Waals surface area contributed by atoms with E-state index in [1.807, 2.05) is 37.3 Å². The van der Waals surface area contributed by atoms with E-state index in [9.17, 15) is 0 Å². The molecule has 1 aliphatic rings.